The largest absolute Gasteiger partial charge is 0.489 e. The van der Waals surface area contributed by atoms with E-state index in [0.29, 0.717) is 12.4 Å². The van der Waals surface area contributed by atoms with E-state index >= 15 is 0 Å². The van der Waals surface area contributed by atoms with Crippen LogP contribution >= 0.6 is 0 Å². The van der Waals surface area contributed by atoms with Crippen LogP contribution in [0.15, 0.2) is 54.6 Å². The molecule has 22 heavy (non-hydrogen) atoms. The van der Waals surface area contributed by atoms with Gasteiger partial charge in [0, 0.05) is 12.3 Å². The van der Waals surface area contributed by atoms with Crippen LogP contribution in [0.25, 0.3) is 0 Å². The van der Waals surface area contributed by atoms with E-state index in [1.54, 1.807) is 0 Å². The van der Waals surface area contributed by atoms with Gasteiger partial charge in [0.25, 0.3) is 0 Å². The standard InChI is InChI=1S/C20H22O2/c21-20-9-5-4-8-18(20)14-16-10-12-19(13-11-16)22-15-17-6-2-1-3-7-17/h1-3,6-7,10-13,18H,4-5,8-9,14-15H2. The number of ketones is 1. The minimum atomic E-state index is 0.227. The summed E-state index contributed by atoms with van der Waals surface area (Å²) < 4.78 is 5.79. The van der Waals surface area contributed by atoms with Gasteiger partial charge in [-0.15, -0.1) is 0 Å². The van der Waals surface area contributed by atoms with E-state index in [1.807, 2.05) is 30.3 Å². The molecule has 2 nitrogen and oxygen atoms in total. The molecule has 2 aromatic carbocycles. The number of hydrogen-bond acceptors (Lipinski definition) is 2. The van der Waals surface area contributed by atoms with Crippen molar-refractivity contribution >= 4 is 5.78 Å². The molecule has 2 heteroatoms. The SMILES string of the molecule is O=C1CCCCC1Cc1ccc(OCc2ccccc2)cc1. The third-order valence-electron chi connectivity index (χ3n) is 4.33. The van der Waals surface area contributed by atoms with Gasteiger partial charge in [-0.2, -0.15) is 0 Å². The summed E-state index contributed by atoms with van der Waals surface area (Å²) in [5.41, 5.74) is 2.40. The first-order chi connectivity index (χ1) is 10.8. The molecule has 114 valence electrons. The van der Waals surface area contributed by atoms with Crippen LogP contribution in [-0.2, 0) is 17.8 Å². The summed E-state index contributed by atoms with van der Waals surface area (Å²) in [6.07, 6.45) is 4.95. The number of hydrogen-bond donors (Lipinski definition) is 0. The molecule has 0 spiro atoms. The van der Waals surface area contributed by atoms with E-state index < -0.39 is 0 Å². The first-order valence-corrected chi connectivity index (χ1v) is 8.09. The molecule has 1 unspecified atom stereocenters. The molecule has 0 N–H and O–H groups in total. The molecule has 1 saturated carbocycles. The van der Waals surface area contributed by atoms with E-state index in [-0.39, 0.29) is 5.92 Å². The molecule has 1 atom stereocenters. The monoisotopic (exact) mass is 294 g/mol. The predicted octanol–water partition coefficient (Wildman–Crippen LogP) is 4.57. The van der Waals surface area contributed by atoms with Gasteiger partial charge < -0.3 is 4.74 Å². The number of carbonyl (C=O) groups excluding carboxylic acids is 1. The minimum absolute atomic E-state index is 0.227. The van der Waals surface area contributed by atoms with Gasteiger partial charge in [-0.3, -0.25) is 4.79 Å². The second kappa shape index (κ2) is 7.26. The Morgan fingerprint density at radius 3 is 2.41 bits per heavy atom. The Morgan fingerprint density at radius 1 is 0.909 bits per heavy atom. The fraction of sp³-hybridized carbons (Fsp3) is 0.350. The second-order valence-corrected chi connectivity index (χ2v) is 6.03. The molecule has 1 aliphatic carbocycles. The van der Waals surface area contributed by atoms with Gasteiger partial charge in [0.1, 0.15) is 18.1 Å². The second-order valence-electron chi connectivity index (χ2n) is 6.03. The van der Waals surface area contributed by atoms with Crippen LogP contribution in [0.4, 0.5) is 0 Å². The van der Waals surface area contributed by atoms with Crippen LogP contribution in [-0.4, -0.2) is 5.78 Å². The number of rotatable bonds is 5. The molecule has 0 saturated heterocycles. The maximum Gasteiger partial charge on any atom is 0.136 e. The van der Waals surface area contributed by atoms with E-state index in [0.717, 1.165) is 31.4 Å². The smallest absolute Gasteiger partial charge is 0.136 e. The Labute approximate surface area is 132 Å². The number of benzene rings is 2. The lowest BCUT2D eigenvalue weighted by atomic mass is 9.84. The van der Waals surface area contributed by atoms with Crippen molar-refractivity contribution in [2.75, 3.05) is 0 Å². The summed E-state index contributed by atoms with van der Waals surface area (Å²) in [5, 5.41) is 0. The number of carbonyl (C=O) groups is 1. The summed E-state index contributed by atoms with van der Waals surface area (Å²) in [6, 6.07) is 18.3. The van der Waals surface area contributed by atoms with E-state index in [1.165, 1.54) is 17.5 Å². The van der Waals surface area contributed by atoms with Crippen LogP contribution in [0.3, 0.4) is 0 Å². The van der Waals surface area contributed by atoms with Gasteiger partial charge in [0.15, 0.2) is 0 Å². The molecule has 2 aromatic rings. The summed E-state index contributed by atoms with van der Waals surface area (Å²) in [6.45, 7) is 0.585. The van der Waals surface area contributed by atoms with Crippen molar-refractivity contribution in [3.8, 4) is 5.75 Å². The zero-order chi connectivity index (χ0) is 15.2. The number of Topliss-reactive ketones (excluding diaryl/α,β-unsaturated/α-hetero) is 1. The van der Waals surface area contributed by atoms with Gasteiger partial charge in [-0.25, -0.2) is 0 Å². The average molecular weight is 294 g/mol. The number of ether oxygens (including phenoxy) is 1. The Balaban J connectivity index is 1.55. The van der Waals surface area contributed by atoms with Crippen molar-refractivity contribution in [3.63, 3.8) is 0 Å². The van der Waals surface area contributed by atoms with Crippen LogP contribution in [0.1, 0.15) is 36.8 Å². The van der Waals surface area contributed by atoms with Crippen molar-refractivity contribution in [2.24, 2.45) is 5.92 Å². The maximum absolute atomic E-state index is 11.9. The van der Waals surface area contributed by atoms with Crippen LogP contribution in [0.2, 0.25) is 0 Å². The zero-order valence-corrected chi connectivity index (χ0v) is 12.8. The molecule has 3 rings (SSSR count). The Morgan fingerprint density at radius 2 is 1.68 bits per heavy atom. The van der Waals surface area contributed by atoms with E-state index in [2.05, 4.69) is 24.3 Å². The molecular formula is C20H22O2. The van der Waals surface area contributed by atoms with E-state index in [4.69, 9.17) is 4.74 Å². The zero-order valence-electron chi connectivity index (χ0n) is 12.8. The molecule has 0 bridgehead atoms. The Kier molecular flexibility index (Phi) is 4.89. The maximum atomic E-state index is 11.9. The van der Waals surface area contributed by atoms with Crippen molar-refractivity contribution < 1.29 is 9.53 Å². The lowest BCUT2D eigenvalue weighted by molar-refractivity contribution is -0.124. The molecule has 1 fully saturated rings. The van der Waals surface area contributed by atoms with Crippen molar-refractivity contribution in [2.45, 2.75) is 38.7 Å². The van der Waals surface area contributed by atoms with E-state index in [9.17, 15) is 4.79 Å². The van der Waals surface area contributed by atoms with Gasteiger partial charge in [-0.05, 0) is 42.5 Å². The molecule has 1 aliphatic rings. The Bertz CT molecular complexity index is 601. The first-order valence-electron chi connectivity index (χ1n) is 8.09. The highest BCUT2D eigenvalue weighted by Gasteiger charge is 2.22. The molecular weight excluding hydrogens is 272 g/mol. The summed E-state index contributed by atoms with van der Waals surface area (Å²) in [4.78, 5) is 11.9. The van der Waals surface area contributed by atoms with Gasteiger partial charge in [-0.1, -0.05) is 48.9 Å². The van der Waals surface area contributed by atoms with Crippen LogP contribution in [0.5, 0.6) is 5.75 Å². The quantitative estimate of drug-likeness (QED) is 0.807. The summed E-state index contributed by atoms with van der Waals surface area (Å²) >= 11 is 0. The Hall–Kier alpha value is -2.09. The molecule has 0 aromatic heterocycles. The highest BCUT2D eigenvalue weighted by molar-refractivity contribution is 5.81. The third-order valence-corrected chi connectivity index (χ3v) is 4.33. The van der Waals surface area contributed by atoms with Crippen molar-refractivity contribution in [1.82, 2.24) is 0 Å². The summed E-state index contributed by atoms with van der Waals surface area (Å²) in [5.74, 6) is 1.54. The fourth-order valence-electron chi connectivity index (χ4n) is 3.02. The van der Waals surface area contributed by atoms with Gasteiger partial charge in [0.05, 0.1) is 0 Å². The fourth-order valence-corrected chi connectivity index (χ4v) is 3.02. The normalized spacial score (nSPS) is 18.2. The molecule has 0 radical (unpaired) electrons. The topological polar surface area (TPSA) is 26.3 Å². The lowest BCUT2D eigenvalue weighted by Crippen LogP contribution is -2.20. The van der Waals surface area contributed by atoms with Crippen molar-refractivity contribution in [1.29, 1.82) is 0 Å². The predicted molar refractivity (Wildman–Crippen MR) is 87.9 cm³/mol. The first kappa shape index (κ1) is 14.8. The van der Waals surface area contributed by atoms with Gasteiger partial charge >= 0.3 is 0 Å². The van der Waals surface area contributed by atoms with Crippen LogP contribution in [0, 0.1) is 5.92 Å². The lowest BCUT2D eigenvalue weighted by Gasteiger charge is -2.20. The van der Waals surface area contributed by atoms with Crippen molar-refractivity contribution in [3.05, 3.63) is 65.7 Å². The third kappa shape index (κ3) is 3.97. The highest BCUT2D eigenvalue weighted by Crippen LogP contribution is 2.25. The molecule has 0 amide bonds. The van der Waals surface area contributed by atoms with Crippen LogP contribution < -0.4 is 4.74 Å². The molecule has 0 aliphatic heterocycles. The molecule has 0 heterocycles. The minimum Gasteiger partial charge on any atom is -0.489 e. The highest BCUT2D eigenvalue weighted by atomic mass is 16.5. The average Bonchev–Trinajstić information content (AvgIpc) is 2.57. The van der Waals surface area contributed by atoms with Gasteiger partial charge in [0.2, 0.25) is 0 Å². The summed E-state index contributed by atoms with van der Waals surface area (Å²) in [7, 11) is 0.